The molecule has 0 saturated heterocycles. The van der Waals surface area contributed by atoms with Crippen molar-refractivity contribution in [2.75, 3.05) is 0 Å². The van der Waals surface area contributed by atoms with Crippen molar-refractivity contribution in [2.45, 2.75) is 59.8 Å². The Labute approximate surface area is 262 Å². The number of hydrogen-bond donors (Lipinski definition) is 0. The summed E-state index contributed by atoms with van der Waals surface area (Å²) in [5, 5.41) is 5.60. The summed E-state index contributed by atoms with van der Waals surface area (Å²) in [6.45, 7) is 13.6. The van der Waals surface area contributed by atoms with Crippen molar-refractivity contribution in [3.8, 4) is 22.3 Å². The van der Waals surface area contributed by atoms with Crippen molar-refractivity contribution in [1.29, 1.82) is 0 Å². The largest absolute Gasteiger partial charge is 0.184 e. The molecule has 6 rings (SSSR count). The predicted molar refractivity (Wildman–Crippen MR) is 175 cm³/mol. The molecule has 0 fully saturated rings. The van der Waals surface area contributed by atoms with Gasteiger partial charge in [0.05, 0.1) is 9.52 Å². The van der Waals surface area contributed by atoms with Crippen LogP contribution in [0.1, 0.15) is 68.7 Å². The summed E-state index contributed by atoms with van der Waals surface area (Å²) in [6, 6.07) is 34.6. The first-order valence-corrected chi connectivity index (χ1v) is 21.3. The van der Waals surface area contributed by atoms with Crippen molar-refractivity contribution in [1.82, 2.24) is 0 Å². The van der Waals surface area contributed by atoms with E-state index in [0.717, 1.165) is 15.9 Å². The number of hydrogen-bond acceptors (Lipinski definition) is 0. The third-order valence-electron chi connectivity index (χ3n) is 7.50. The number of halogens is 2. The molecule has 0 aromatic heterocycles. The third-order valence-corrected chi connectivity index (χ3v) is 8.87. The van der Waals surface area contributed by atoms with Gasteiger partial charge in [-0.3, -0.25) is 0 Å². The van der Waals surface area contributed by atoms with Gasteiger partial charge in [0.15, 0.2) is 0 Å². The Morgan fingerprint density at radius 3 is 2.15 bits per heavy atom. The fourth-order valence-electron chi connectivity index (χ4n) is 5.25. The molecule has 0 saturated carbocycles. The van der Waals surface area contributed by atoms with Crippen LogP contribution < -0.4 is 10.4 Å². The van der Waals surface area contributed by atoms with E-state index >= 15 is 0 Å². The smallest absolute Gasteiger partial charge is 0.0920 e. The van der Waals surface area contributed by atoms with Crippen LogP contribution in [0.4, 0.5) is 0 Å². The van der Waals surface area contributed by atoms with E-state index in [1.54, 1.807) is 0 Å². The second-order valence-electron chi connectivity index (χ2n) is 10.9. The minimum Gasteiger partial charge on any atom is -0.184 e. The first-order chi connectivity index (χ1) is 19.3. The minimum atomic E-state index is -0.826. The minimum absolute atomic E-state index is 0.549. The van der Waals surface area contributed by atoms with E-state index in [1.165, 1.54) is 65.7 Å². The molecule has 1 aliphatic rings. The van der Waals surface area contributed by atoms with E-state index in [9.17, 15) is 0 Å². The molecule has 0 spiro atoms. The standard InChI is InChI=1S/C24H29.C12H7Si.2ClH.Zr/c1-7-18-10-19-9-8-17(6)24(23(19)11-18)22-13-20(15(2)3)12-21(14-22)16(4)5;1-3-7-11-9(5-1)10-6-2-4-8-12(10)13-11;;;/h8-16H,7H2,1-6H3;1-7H;2*1H;/q2*-1;;;+4/p-2. The Morgan fingerprint density at radius 2 is 1.50 bits per heavy atom. The Bertz CT molecular complexity index is 1510. The van der Waals surface area contributed by atoms with Crippen molar-refractivity contribution in [3.05, 3.63) is 113 Å². The summed E-state index contributed by atoms with van der Waals surface area (Å²) in [6.07, 6.45) is 1.09. The molecule has 5 aromatic carbocycles. The summed E-state index contributed by atoms with van der Waals surface area (Å²) >= 11 is -0.826. The van der Waals surface area contributed by atoms with Gasteiger partial charge in [0.2, 0.25) is 0 Å². The maximum atomic E-state index is 4.93. The van der Waals surface area contributed by atoms with Crippen LogP contribution in [0, 0.1) is 13.0 Å². The van der Waals surface area contributed by atoms with E-state index in [2.05, 4.69) is 126 Å². The molecule has 0 unspecified atom stereocenters. The number of benzene rings is 4. The first-order valence-electron chi connectivity index (χ1n) is 13.9. The second kappa shape index (κ2) is 14.4. The Balaban J connectivity index is 0.000000192. The van der Waals surface area contributed by atoms with Gasteiger partial charge >= 0.3 is 37.9 Å². The molecule has 5 aromatic rings. The quantitative estimate of drug-likeness (QED) is 0.131. The van der Waals surface area contributed by atoms with Gasteiger partial charge in [-0.05, 0) is 41.9 Å². The summed E-state index contributed by atoms with van der Waals surface area (Å²) < 4.78 is 0. The van der Waals surface area contributed by atoms with Gasteiger partial charge in [0.1, 0.15) is 0 Å². The molecular formula is C36H36Cl2SiZr. The molecule has 40 heavy (non-hydrogen) atoms. The summed E-state index contributed by atoms with van der Waals surface area (Å²) in [5.41, 5.74) is 11.2. The summed E-state index contributed by atoms with van der Waals surface area (Å²) in [4.78, 5) is 0. The Kier molecular flexibility index (Phi) is 11.2. The monoisotopic (exact) mass is 656 g/mol. The van der Waals surface area contributed by atoms with Crippen LogP contribution in [-0.4, -0.2) is 9.52 Å². The zero-order chi connectivity index (χ0) is 28.8. The van der Waals surface area contributed by atoms with Crippen LogP contribution in [-0.2, 0) is 27.3 Å². The van der Waals surface area contributed by atoms with Gasteiger partial charge in [-0.25, -0.2) is 0 Å². The van der Waals surface area contributed by atoms with E-state index in [1.807, 2.05) is 6.07 Å². The van der Waals surface area contributed by atoms with Gasteiger partial charge in [-0.15, -0.1) is 40.1 Å². The van der Waals surface area contributed by atoms with E-state index < -0.39 is 20.8 Å². The maximum Gasteiger partial charge on any atom is 0.0920 e. The topological polar surface area (TPSA) is 0 Å². The zero-order valence-electron chi connectivity index (χ0n) is 24.2. The second-order valence-corrected chi connectivity index (χ2v) is 15.9. The van der Waals surface area contributed by atoms with Crippen LogP contribution in [0.3, 0.4) is 0 Å². The van der Waals surface area contributed by atoms with E-state index in [0.29, 0.717) is 11.8 Å². The molecule has 4 heteroatoms. The van der Waals surface area contributed by atoms with Crippen LogP contribution >= 0.6 is 17.0 Å². The third kappa shape index (κ3) is 7.14. The molecule has 0 bridgehead atoms. The van der Waals surface area contributed by atoms with Gasteiger partial charge in [0.25, 0.3) is 0 Å². The zero-order valence-corrected chi connectivity index (χ0v) is 29.2. The fraction of sp³-hybridized carbons (Fsp3) is 0.250. The van der Waals surface area contributed by atoms with Crippen LogP contribution in [0.15, 0.2) is 84.9 Å². The van der Waals surface area contributed by atoms with Crippen molar-refractivity contribution in [3.63, 3.8) is 0 Å². The van der Waals surface area contributed by atoms with Crippen molar-refractivity contribution in [2.24, 2.45) is 0 Å². The average Bonchev–Trinajstić information content (AvgIpc) is 3.55. The van der Waals surface area contributed by atoms with Crippen molar-refractivity contribution < 1.29 is 20.8 Å². The molecule has 0 atom stereocenters. The molecule has 202 valence electrons. The van der Waals surface area contributed by atoms with E-state index in [4.69, 9.17) is 17.0 Å². The summed E-state index contributed by atoms with van der Waals surface area (Å²) in [5.74, 6) is 1.10. The molecule has 1 aliphatic heterocycles. The Hall–Kier alpha value is -1.83. The molecule has 2 radical (unpaired) electrons. The predicted octanol–water partition coefficient (Wildman–Crippen LogP) is 9.84. The fourth-order valence-corrected chi connectivity index (χ4v) is 6.56. The van der Waals surface area contributed by atoms with Gasteiger partial charge in [-0.1, -0.05) is 99.0 Å². The molecule has 1 heterocycles. The molecule has 0 aliphatic carbocycles. The number of aryl methyl sites for hydroxylation is 2. The molecule has 0 amide bonds. The van der Waals surface area contributed by atoms with Gasteiger partial charge < -0.3 is 0 Å². The summed E-state index contributed by atoms with van der Waals surface area (Å²) in [7, 11) is 10.7. The van der Waals surface area contributed by atoms with E-state index in [-0.39, 0.29) is 0 Å². The van der Waals surface area contributed by atoms with Crippen molar-refractivity contribution >= 4 is 47.7 Å². The normalized spacial score (nSPS) is 11.3. The SMILES string of the molecule is CCc1cc2c(-c3cc(C(C)C)cc(C(C)C)c3)c(C)ccc2[cH-]1.[Cl][Zr+2][Cl].[c-]1cccc2c1[Si]c1ccccc1-2. The molecule has 0 N–H and O–H groups in total. The molecule has 0 nitrogen and oxygen atoms in total. The number of rotatable bonds is 4. The number of fused-ring (bicyclic) bond motifs is 4. The Morgan fingerprint density at radius 1 is 0.850 bits per heavy atom. The molecular weight excluding hydrogens is 623 g/mol. The van der Waals surface area contributed by atoms with Crippen LogP contribution in [0.5, 0.6) is 0 Å². The van der Waals surface area contributed by atoms with Gasteiger partial charge in [0, 0.05) is 0 Å². The van der Waals surface area contributed by atoms with Gasteiger partial charge in [-0.2, -0.15) is 35.5 Å². The van der Waals surface area contributed by atoms with Crippen LogP contribution in [0.25, 0.3) is 33.0 Å². The average molecular weight is 659 g/mol. The maximum absolute atomic E-state index is 4.93. The first kappa shape index (κ1) is 31.1. The van der Waals surface area contributed by atoms with Crippen LogP contribution in [0.2, 0.25) is 0 Å².